The number of methoxy groups -OCH3 is 1. The van der Waals surface area contributed by atoms with E-state index >= 15 is 0 Å². The van der Waals surface area contributed by atoms with Gasteiger partial charge < -0.3 is 9.15 Å². The van der Waals surface area contributed by atoms with E-state index in [0.717, 1.165) is 5.56 Å². The maximum absolute atomic E-state index is 12.3. The molecule has 7 heteroatoms. The van der Waals surface area contributed by atoms with Gasteiger partial charge >= 0.3 is 0 Å². The lowest BCUT2D eigenvalue weighted by Gasteiger charge is -2.08. The third kappa shape index (κ3) is 3.64. The number of benzene rings is 1. The Morgan fingerprint density at radius 1 is 1.17 bits per heavy atom. The predicted molar refractivity (Wildman–Crippen MR) is 89.0 cm³/mol. The van der Waals surface area contributed by atoms with Crippen LogP contribution in [0.25, 0.3) is 11.5 Å². The highest BCUT2D eigenvalue weighted by atomic mass is 32.2. The highest BCUT2D eigenvalue weighted by Crippen LogP contribution is 2.19. The molecule has 1 N–H and O–H groups in total. The van der Waals surface area contributed by atoms with E-state index in [-0.39, 0.29) is 11.4 Å². The number of nitrogens with one attached hydrogen (secondary N) is 1. The maximum Gasteiger partial charge on any atom is 0.241 e. The normalized spacial score (nSPS) is 11.4. The van der Waals surface area contributed by atoms with Crippen LogP contribution in [0.1, 0.15) is 5.56 Å². The topological polar surface area (TPSA) is 81.4 Å². The molecule has 0 unspecified atom stereocenters. The second-order valence-corrected chi connectivity index (χ2v) is 6.80. The first-order valence-electron chi connectivity index (χ1n) is 7.21. The van der Waals surface area contributed by atoms with E-state index in [4.69, 9.17) is 9.15 Å². The Labute approximate surface area is 140 Å². The molecule has 0 fully saturated rings. The van der Waals surface area contributed by atoms with Gasteiger partial charge in [-0.05, 0) is 35.9 Å². The minimum absolute atomic E-state index is 0.144. The second-order valence-electron chi connectivity index (χ2n) is 5.03. The van der Waals surface area contributed by atoms with Gasteiger partial charge in [-0.1, -0.05) is 12.1 Å². The molecule has 6 nitrogen and oxygen atoms in total. The van der Waals surface area contributed by atoms with Gasteiger partial charge in [-0.25, -0.2) is 13.1 Å². The molecule has 0 spiro atoms. The number of furan rings is 1. The van der Waals surface area contributed by atoms with Crippen LogP contribution in [-0.2, 0) is 16.6 Å². The Hall–Kier alpha value is -2.64. The van der Waals surface area contributed by atoms with Gasteiger partial charge in [0.25, 0.3) is 0 Å². The largest absolute Gasteiger partial charge is 0.497 e. The highest BCUT2D eigenvalue weighted by Gasteiger charge is 2.14. The molecule has 0 amide bonds. The second kappa shape index (κ2) is 6.86. The first-order valence-corrected chi connectivity index (χ1v) is 8.69. The summed E-state index contributed by atoms with van der Waals surface area (Å²) < 4.78 is 37.5. The maximum atomic E-state index is 12.3. The lowest BCUT2D eigenvalue weighted by molar-refractivity contribution is 0.413. The van der Waals surface area contributed by atoms with E-state index in [0.29, 0.717) is 17.2 Å². The number of hydrogen-bond donors (Lipinski definition) is 1. The lowest BCUT2D eigenvalue weighted by atomic mass is 10.2. The molecule has 0 bridgehead atoms. The molecule has 0 radical (unpaired) electrons. The molecule has 0 atom stereocenters. The number of ether oxygens (including phenoxy) is 1. The van der Waals surface area contributed by atoms with Gasteiger partial charge in [0, 0.05) is 18.8 Å². The fraction of sp³-hybridized carbons (Fsp3) is 0.118. The highest BCUT2D eigenvalue weighted by molar-refractivity contribution is 7.89. The lowest BCUT2D eigenvalue weighted by Crippen LogP contribution is -2.23. The Bertz CT molecular complexity index is 904. The summed E-state index contributed by atoms with van der Waals surface area (Å²) in [7, 11) is -2.13. The predicted octanol–water partition coefficient (Wildman–Crippen LogP) is 2.83. The fourth-order valence-electron chi connectivity index (χ4n) is 2.13. The van der Waals surface area contributed by atoms with Gasteiger partial charge in [0.1, 0.15) is 11.4 Å². The molecule has 124 valence electrons. The summed E-state index contributed by atoms with van der Waals surface area (Å²) in [5.74, 6) is 1.15. The third-order valence-corrected chi connectivity index (χ3v) is 4.82. The van der Waals surface area contributed by atoms with Crippen molar-refractivity contribution in [1.82, 2.24) is 9.71 Å². The van der Waals surface area contributed by atoms with Crippen LogP contribution in [0.3, 0.4) is 0 Å². The van der Waals surface area contributed by atoms with E-state index in [1.54, 1.807) is 42.8 Å². The Kier molecular flexibility index (Phi) is 4.64. The average molecular weight is 344 g/mol. The Morgan fingerprint density at radius 2 is 2.04 bits per heavy atom. The molecule has 0 aliphatic rings. The number of rotatable bonds is 6. The minimum atomic E-state index is -3.62. The molecule has 2 aromatic heterocycles. The summed E-state index contributed by atoms with van der Waals surface area (Å²) in [4.78, 5) is 4.43. The van der Waals surface area contributed by atoms with Crippen molar-refractivity contribution >= 4 is 10.0 Å². The summed E-state index contributed by atoms with van der Waals surface area (Å²) in [6, 6.07) is 13.5. The van der Waals surface area contributed by atoms with Crippen LogP contribution in [0.2, 0.25) is 0 Å². The zero-order valence-corrected chi connectivity index (χ0v) is 13.8. The standard InChI is InChI=1S/C17H16N2O4S/c1-22-14-4-2-5-15(10-14)24(20,21)19-12-13-7-8-16(18-11-13)17-6-3-9-23-17/h2-11,19H,12H2,1H3. The Morgan fingerprint density at radius 3 is 2.71 bits per heavy atom. The molecular formula is C17H16N2O4S. The van der Waals surface area contributed by atoms with Crippen LogP contribution in [0.15, 0.2) is 70.3 Å². The van der Waals surface area contributed by atoms with Crippen LogP contribution in [0.5, 0.6) is 5.75 Å². The Balaban J connectivity index is 1.70. The number of nitrogens with zero attached hydrogens (tertiary/aromatic N) is 1. The smallest absolute Gasteiger partial charge is 0.241 e. The average Bonchev–Trinajstić information content (AvgIpc) is 3.15. The van der Waals surface area contributed by atoms with Gasteiger partial charge in [-0.15, -0.1) is 0 Å². The van der Waals surface area contributed by atoms with Crippen molar-refractivity contribution < 1.29 is 17.6 Å². The van der Waals surface area contributed by atoms with Gasteiger partial charge in [0.05, 0.1) is 18.3 Å². The molecular weight excluding hydrogens is 328 g/mol. The summed E-state index contributed by atoms with van der Waals surface area (Å²) in [6.45, 7) is 0.144. The summed E-state index contributed by atoms with van der Waals surface area (Å²) >= 11 is 0. The monoisotopic (exact) mass is 344 g/mol. The van der Waals surface area contributed by atoms with E-state index < -0.39 is 10.0 Å². The van der Waals surface area contributed by atoms with Crippen molar-refractivity contribution in [3.8, 4) is 17.2 Å². The number of aromatic nitrogens is 1. The van der Waals surface area contributed by atoms with E-state index in [9.17, 15) is 8.42 Å². The number of pyridine rings is 1. The molecule has 0 aliphatic heterocycles. The molecule has 3 rings (SSSR count). The molecule has 0 aliphatic carbocycles. The molecule has 0 saturated carbocycles. The first kappa shape index (κ1) is 16.2. The van der Waals surface area contributed by atoms with E-state index in [2.05, 4.69) is 9.71 Å². The van der Waals surface area contributed by atoms with Gasteiger partial charge in [0.2, 0.25) is 10.0 Å². The van der Waals surface area contributed by atoms with Crippen molar-refractivity contribution in [2.75, 3.05) is 7.11 Å². The zero-order chi connectivity index (χ0) is 17.0. The summed E-state index contributed by atoms with van der Waals surface area (Å²) in [6.07, 6.45) is 3.19. The SMILES string of the molecule is COc1cccc(S(=O)(=O)NCc2ccc(-c3ccco3)nc2)c1. The van der Waals surface area contributed by atoms with E-state index in [1.807, 2.05) is 6.07 Å². The van der Waals surface area contributed by atoms with E-state index in [1.165, 1.54) is 19.2 Å². The molecule has 3 aromatic rings. The third-order valence-electron chi connectivity index (χ3n) is 3.42. The minimum Gasteiger partial charge on any atom is -0.497 e. The molecule has 24 heavy (non-hydrogen) atoms. The van der Waals surface area contributed by atoms with Crippen LogP contribution in [0.4, 0.5) is 0 Å². The van der Waals surface area contributed by atoms with Crippen molar-refractivity contribution in [3.63, 3.8) is 0 Å². The van der Waals surface area contributed by atoms with Crippen LogP contribution < -0.4 is 9.46 Å². The zero-order valence-electron chi connectivity index (χ0n) is 13.0. The fourth-order valence-corrected chi connectivity index (χ4v) is 3.18. The van der Waals surface area contributed by atoms with Crippen molar-refractivity contribution in [1.29, 1.82) is 0 Å². The van der Waals surface area contributed by atoms with Crippen LogP contribution >= 0.6 is 0 Å². The molecule has 0 saturated heterocycles. The van der Waals surface area contributed by atoms with Crippen molar-refractivity contribution in [2.24, 2.45) is 0 Å². The van der Waals surface area contributed by atoms with Gasteiger partial charge in [-0.2, -0.15) is 0 Å². The van der Waals surface area contributed by atoms with Crippen LogP contribution in [-0.4, -0.2) is 20.5 Å². The van der Waals surface area contributed by atoms with Crippen LogP contribution in [0, 0.1) is 0 Å². The summed E-state index contributed by atoms with van der Waals surface area (Å²) in [5, 5.41) is 0. The summed E-state index contributed by atoms with van der Waals surface area (Å²) in [5.41, 5.74) is 1.44. The van der Waals surface area contributed by atoms with Crippen molar-refractivity contribution in [3.05, 3.63) is 66.6 Å². The first-order chi connectivity index (χ1) is 11.6. The quantitative estimate of drug-likeness (QED) is 0.743. The number of hydrogen-bond acceptors (Lipinski definition) is 5. The van der Waals surface area contributed by atoms with Gasteiger partial charge in [0.15, 0.2) is 5.76 Å². The molecule has 1 aromatic carbocycles. The molecule has 2 heterocycles. The van der Waals surface area contributed by atoms with Crippen molar-refractivity contribution in [2.45, 2.75) is 11.4 Å². The van der Waals surface area contributed by atoms with Gasteiger partial charge in [-0.3, -0.25) is 4.98 Å². The number of sulfonamides is 1.